The van der Waals surface area contributed by atoms with E-state index in [4.69, 9.17) is 0 Å². The molecule has 0 spiro atoms. The van der Waals surface area contributed by atoms with Gasteiger partial charge in [0, 0.05) is 16.3 Å². The first-order chi connectivity index (χ1) is 9.36. The molecule has 1 unspecified atom stereocenters. The van der Waals surface area contributed by atoms with Gasteiger partial charge in [0.2, 0.25) is 5.95 Å². The number of nitrogens with zero attached hydrogens (tertiary/aromatic N) is 3. The second kappa shape index (κ2) is 5.87. The second-order valence-electron chi connectivity index (χ2n) is 5.46. The molecule has 0 amide bonds. The normalized spacial score (nSPS) is 12.8. The summed E-state index contributed by atoms with van der Waals surface area (Å²) in [4.78, 5) is 14.8. The summed E-state index contributed by atoms with van der Waals surface area (Å²) in [5, 5.41) is 4.49. The monoisotopic (exact) mass is 290 g/mol. The Bertz CT molecular complexity index is 604. The Morgan fingerprint density at radius 3 is 2.30 bits per heavy atom. The summed E-state index contributed by atoms with van der Waals surface area (Å²) in [6, 6.07) is 2.21. The number of hydrogen-bond acceptors (Lipinski definition) is 5. The molecule has 5 heteroatoms. The molecule has 0 bridgehead atoms. The number of aryl methyl sites for hydroxylation is 3. The van der Waals surface area contributed by atoms with Crippen molar-refractivity contribution in [1.82, 2.24) is 15.0 Å². The van der Waals surface area contributed by atoms with E-state index in [1.807, 2.05) is 26.8 Å². The van der Waals surface area contributed by atoms with E-state index in [1.54, 1.807) is 11.3 Å². The summed E-state index contributed by atoms with van der Waals surface area (Å²) < 4.78 is 0. The summed E-state index contributed by atoms with van der Waals surface area (Å²) in [6.45, 7) is 12.5. The Balaban J connectivity index is 2.23. The fourth-order valence-electron chi connectivity index (χ4n) is 2.16. The lowest BCUT2D eigenvalue weighted by molar-refractivity contribution is 0.795. The zero-order valence-electron chi connectivity index (χ0n) is 13.0. The summed E-state index contributed by atoms with van der Waals surface area (Å²) in [7, 11) is 0. The van der Waals surface area contributed by atoms with Crippen LogP contribution in [0.5, 0.6) is 0 Å². The zero-order valence-corrected chi connectivity index (χ0v) is 13.8. The molecule has 0 aliphatic rings. The minimum Gasteiger partial charge on any atom is -0.347 e. The van der Waals surface area contributed by atoms with Crippen molar-refractivity contribution in [2.45, 2.75) is 53.5 Å². The number of anilines is 1. The third-order valence-corrected chi connectivity index (χ3v) is 4.40. The molecule has 0 aromatic carbocycles. The molecule has 4 nitrogen and oxygen atoms in total. The molecule has 2 heterocycles. The van der Waals surface area contributed by atoms with Gasteiger partial charge in [-0.2, -0.15) is 0 Å². The molecular weight excluding hydrogens is 268 g/mol. The average Bonchev–Trinajstić information content (AvgIpc) is 2.67. The van der Waals surface area contributed by atoms with Crippen molar-refractivity contribution in [2.75, 3.05) is 5.32 Å². The molecule has 0 fully saturated rings. The van der Waals surface area contributed by atoms with Crippen LogP contribution in [0, 0.1) is 20.8 Å². The summed E-state index contributed by atoms with van der Waals surface area (Å²) >= 11 is 1.73. The molecule has 0 saturated carbocycles. The Morgan fingerprint density at radius 2 is 1.75 bits per heavy atom. The number of nitrogens with one attached hydrogen (secondary N) is 1. The Kier molecular flexibility index (Phi) is 4.38. The molecule has 0 saturated heterocycles. The van der Waals surface area contributed by atoms with Gasteiger partial charge >= 0.3 is 0 Å². The van der Waals surface area contributed by atoms with Crippen LogP contribution >= 0.6 is 11.3 Å². The van der Waals surface area contributed by atoms with E-state index in [0.29, 0.717) is 11.9 Å². The molecule has 20 heavy (non-hydrogen) atoms. The first kappa shape index (κ1) is 14.9. The molecule has 2 aromatic rings. The molecule has 2 rings (SSSR count). The molecule has 0 aliphatic carbocycles. The standard InChI is InChI=1S/C15H22N4S/c1-8(2)13-7-9(3)16-15(19-13)18-11(5)14-10(4)17-12(6)20-14/h7-8,11H,1-6H3,(H,16,18,19). The van der Waals surface area contributed by atoms with E-state index in [9.17, 15) is 0 Å². The van der Waals surface area contributed by atoms with Gasteiger partial charge in [-0.05, 0) is 39.7 Å². The maximum Gasteiger partial charge on any atom is 0.223 e. The first-order valence-corrected chi connectivity index (χ1v) is 7.74. The molecule has 2 aromatic heterocycles. The molecule has 0 aliphatic heterocycles. The van der Waals surface area contributed by atoms with Crippen molar-refractivity contribution >= 4 is 17.3 Å². The van der Waals surface area contributed by atoms with Crippen molar-refractivity contribution in [3.63, 3.8) is 0 Å². The number of rotatable bonds is 4. The van der Waals surface area contributed by atoms with Gasteiger partial charge in [0.1, 0.15) is 0 Å². The maximum absolute atomic E-state index is 4.60. The minimum absolute atomic E-state index is 0.169. The van der Waals surface area contributed by atoms with E-state index < -0.39 is 0 Å². The highest BCUT2D eigenvalue weighted by molar-refractivity contribution is 7.11. The topological polar surface area (TPSA) is 50.7 Å². The first-order valence-electron chi connectivity index (χ1n) is 6.93. The van der Waals surface area contributed by atoms with Gasteiger partial charge in [0.25, 0.3) is 0 Å². The predicted octanol–water partition coefficient (Wildman–Crippen LogP) is 4.15. The van der Waals surface area contributed by atoms with Crippen molar-refractivity contribution < 1.29 is 0 Å². The van der Waals surface area contributed by atoms with Gasteiger partial charge < -0.3 is 5.32 Å². The second-order valence-corrected chi connectivity index (χ2v) is 6.70. The van der Waals surface area contributed by atoms with E-state index in [1.165, 1.54) is 4.88 Å². The van der Waals surface area contributed by atoms with E-state index in [0.717, 1.165) is 22.1 Å². The van der Waals surface area contributed by atoms with Crippen molar-refractivity contribution in [1.29, 1.82) is 0 Å². The highest BCUT2D eigenvalue weighted by Gasteiger charge is 2.15. The van der Waals surface area contributed by atoms with E-state index in [2.05, 4.69) is 41.0 Å². The fraction of sp³-hybridized carbons (Fsp3) is 0.533. The highest BCUT2D eigenvalue weighted by atomic mass is 32.1. The molecule has 108 valence electrons. The Morgan fingerprint density at radius 1 is 1.05 bits per heavy atom. The molecular formula is C15H22N4S. The van der Waals surface area contributed by atoms with Crippen LogP contribution < -0.4 is 5.32 Å². The lowest BCUT2D eigenvalue weighted by atomic mass is 10.1. The largest absolute Gasteiger partial charge is 0.347 e. The fourth-order valence-corrected chi connectivity index (χ4v) is 3.09. The van der Waals surface area contributed by atoms with Crippen LogP contribution in [0.2, 0.25) is 0 Å². The van der Waals surface area contributed by atoms with Crippen molar-refractivity contribution in [3.05, 3.63) is 33.0 Å². The van der Waals surface area contributed by atoms with E-state index >= 15 is 0 Å². The smallest absolute Gasteiger partial charge is 0.223 e. The van der Waals surface area contributed by atoms with Gasteiger partial charge in [0.05, 0.1) is 16.7 Å². The predicted molar refractivity (Wildman–Crippen MR) is 84.5 cm³/mol. The van der Waals surface area contributed by atoms with E-state index in [-0.39, 0.29) is 6.04 Å². The van der Waals surface area contributed by atoms with Crippen LogP contribution in [0.4, 0.5) is 5.95 Å². The van der Waals surface area contributed by atoms with Gasteiger partial charge in [-0.25, -0.2) is 15.0 Å². The quantitative estimate of drug-likeness (QED) is 0.918. The minimum atomic E-state index is 0.169. The average molecular weight is 290 g/mol. The number of thiazole rings is 1. The number of aromatic nitrogens is 3. The third kappa shape index (κ3) is 3.33. The lowest BCUT2D eigenvalue weighted by Crippen LogP contribution is -2.11. The van der Waals surface area contributed by atoms with Gasteiger partial charge in [-0.1, -0.05) is 13.8 Å². The van der Waals surface area contributed by atoms with Crippen molar-refractivity contribution in [3.8, 4) is 0 Å². The highest BCUT2D eigenvalue weighted by Crippen LogP contribution is 2.27. The van der Waals surface area contributed by atoms with Gasteiger partial charge in [-0.15, -0.1) is 11.3 Å². The zero-order chi connectivity index (χ0) is 14.9. The summed E-state index contributed by atoms with van der Waals surface area (Å²) in [5.41, 5.74) is 3.16. The van der Waals surface area contributed by atoms with Gasteiger partial charge in [0.15, 0.2) is 0 Å². The van der Waals surface area contributed by atoms with Crippen LogP contribution in [-0.2, 0) is 0 Å². The maximum atomic E-state index is 4.60. The third-order valence-electron chi connectivity index (χ3n) is 3.14. The van der Waals surface area contributed by atoms with Crippen LogP contribution in [0.15, 0.2) is 6.07 Å². The molecule has 1 atom stereocenters. The SMILES string of the molecule is Cc1cc(C(C)C)nc(NC(C)c2sc(C)nc2C)n1. The van der Waals surface area contributed by atoms with Crippen LogP contribution in [-0.4, -0.2) is 15.0 Å². The molecule has 0 radical (unpaired) electrons. The Labute approximate surface area is 124 Å². The van der Waals surface area contributed by atoms with Crippen LogP contribution in [0.1, 0.15) is 59.7 Å². The summed E-state index contributed by atoms with van der Waals surface area (Å²) in [6.07, 6.45) is 0. The summed E-state index contributed by atoms with van der Waals surface area (Å²) in [5.74, 6) is 1.10. The van der Waals surface area contributed by atoms with Gasteiger partial charge in [-0.3, -0.25) is 0 Å². The Hall–Kier alpha value is -1.49. The van der Waals surface area contributed by atoms with Crippen LogP contribution in [0.3, 0.4) is 0 Å². The van der Waals surface area contributed by atoms with Crippen LogP contribution in [0.25, 0.3) is 0 Å². The lowest BCUT2D eigenvalue weighted by Gasteiger charge is -2.15. The number of hydrogen-bond donors (Lipinski definition) is 1. The molecule has 1 N–H and O–H groups in total. The van der Waals surface area contributed by atoms with Crippen molar-refractivity contribution in [2.24, 2.45) is 0 Å².